The van der Waals surface area contributed by atoms with E-state index in [9.17, 15) is 4.79 Å². The highest BCUT2D eigenvalue weighted by Gasteiger charge is 2.33. The zero-order valence-electron chi connectivity index (χ0n) is 26.1. The standard InChI is InChI=1S/C37H56N2O2/c1-3-5-7-8-9-10-12-13-29-15-17-31(18-16-29)32-19-21-34(22-20-32)37(40)41-35-25-23-33(24-26-35)36-38-27-30(28-39-36)14-11-6-4-2/h23-29,31-32,34H,3-22H2,1-2H3. The summed E-state index contributed by atoms with van der Waals surface area (Å²) in [6, 6.07) is 7.66. The largest absolute Gasteiger partial charge is 0.426 e. The molecule has 0 aliphatic heterocycles. The maximum Gasteiger partial charge on any atom is 0.314 e. The first-order valence-electron chi connectivity index (χ1n) is 17.3. The number of aromatic nitrogens is 2. The molecule has 226 valence electrons. The van der Waals surface area contributed by atoms with E-state index in [1.165, 1.54) is 115 Å². The Morgan fingerprint density at radius 2 is 1.27 bits per heavy atom. The van der Waals surface area contributed by atoms with Gasteiger partial charge >= 0.3 is 5.97 Å². The van der Waals surface area contributed by atoms with E-state index < -0.39 is 0 Å². The van der Waals surface area contributed by atoms with Crippen LogP contribution < -0.4 is 4.74 Å². The van der Waals surface area contributed by atoms with E-state index in [0.29, 0.717) is 11.6 Å². The fourth-order valence-electron chi connectivity index (χ4n) is 7.25. The molecule has 1 aromatic heterocycles. The fraction of sp³-hybridized carbons (Fsp3) is 0.703. The summed E-state index contributed by atoms with van der Waals surface area (Å²) in [6.45, 7) is 4.51. The van der Waals surface area contributed by atoms with Crippen molar-refractivity contribution in [1.82, 2.24) is 9.97 Å². The molecule has 0 amide bonds. The number of carbonyl (C=O) groups excluding carboxylic acids is 1. The molecular weight excluding hydrogens is 504 g/mol. The van der Waals surface area contributed by atoms with Crippen LogP contribution in [0.5, 0.6) is 5.75 Å². The van der Waals surface area contributed by atoms with Crippen LogP contribution in [-0.2, 0) is 11.2 Å². The Morgan fingerprint density at radius 1 is 0.707 bits per heavy atom. The lowest BCUT2D eigenvalue weighted by molar-refractivity contribution is -0.140. The molecule has 2 aliphatic rings. The highest BCUT2D eigenvalue weighted by molar-refractivity contribution is 5.75. The Labute approximate surface area is 250 Å². The number of nitrogens with zero attached hydrogens (tertiary/aromatic N) is 2. The van der Waals surface area contributed by atoms with Gasteiger partial charge in [0.2, 0.25) is 0 Å². The molecule has 1 heterocycles. The molecule has 0 unspecified atom stereocenters. The van der Waals surface area contributed by atoms with Crippen LogP contribution in [0.4, 0.5) is 0 Å². The summed E-state index contributed by atoms with van der Waals surface area (Å²) in [6.07, 6.45) is 30.0. The number of hydrogen-bond donors (Lipinski definition) is 0. The number of carbonyl (C=O) groups is 1. The number of aryl methyl sites for hydroxylation is 1. The number of hydrogen-bond acceptors (Lipinski definition) is 4. The maximum absolute atomic E-state index is 12.9. The summed E-state index contributed by atoms with van der Waals surface area (Å²) < 4.78 is 5.81. The average molecular weight is 561 g/mol. The average Bonchev–Trinajstić information content (AvgIpc) is 3.02. The molecule has 2 fully saturated rings. The Bertz CT molecular complexity index is 987. The van der Waals surface area contributed by atoms with E-state index >= 15 is 0 Å². The monoisotopic (exact) mass is 560 g/mol. The van der Waals surface area contributed by atoms with Gasteiger partial charge in [-0.15, -0.1) is 0 Å². The molecule has 41 heavy (non-hydrogen) atoms. The van der Waals surface area contributed by atoms with Crippen LogP contribution in [0.2, 0.25) is 0 Å². The van der Waals surface area contributed by atoms with Crippen molar-refractivity contribution in [2.24, 2.45) is 23.7 Å². The minimum atomic E-state index is -0.0534. The highest BCUT2D eigenvalue weighted by atomic mass is 16.5. The van der Waals surface area contributed by atoms with Gasteiger partial charge in [0.25, 0.3) is 0 Å². The van der Waals surface area contributed by atoms with Crippen molar-refractivity contribution in [3.8, 4) is 17.1 Å². The van der Waals surface area contributed by atoms with Crippen LogP contribution in [-0.4, -0.2) is 15.9 Å². The Hall–Kier alpha value is -2.23. The molecule has 0 N–H and O–H groups in total. The second kappa shape index (κ2) is 17.7. The number of ether oxygens (including phenoxy) is 1. The first-order chi connectivity index (χ1) is 20.2. The molecule has 0 saturated heterocycles. The van der Waals surface area contributed by atoms with Crippen LogP contribution in [0.3, 0.4) is 0 Å². The topological polar surface area (TPSA) is 52.1 Å². The molecule has 1 aromatic carbocycles. The van der Waals surface area contributed by atoms with Crippen molar-refractivity contribution in [3.63, 3.8) is 0 Å². The van der Waals surface area contributed by atoms with E-state index in [0.717, 1.165) is 42.6 Å². The molecule has 2 saturated carbocycles. The summed E-state index contributed by atoms with van der Waals surface area (Å²) in [5.41, 5.74) is 2.14. The lowest BCUT2D eigenvalue weighted by Crippen LogP contribution is -2.30. The van der Waals surface area contributed by atoms with Crippen LogP contribution >= 0.6 is 0 Å². The van der Waals surface area contributed by atoms with Gasteiger partial charge in [0.1, 0.15) is 5.75 Å². The van der Waals surface area contributed by atoms with Crippen molar-refractivity contribution in [3.05, 3.63) is 42.2 Å². The van der Waals surface area contributed by atoms with Crippen LogP contribution in [0, 0.1) is 23.7 Å². The van der Waals surface area contributed by atoms with E-state index in [2.05, 4.69) is 23.8 Å². The van der Waals surface area contributed by atoms with E-state index in [1.54, 1.807) is 0 Å². The normalized spacial score (nSPS) is 22.9. The lowest BCUT2D eigenvalue weighted by atomic mass is 9.68. The molecule has 4 heteroatoms. The number of esters is 1. The van der Waals surface area contributed by atoms with Crippen molar-refractivity contribution >= 4 is 5.97 Å². The van der Waals surface area contributed by atoms with Crippen molar-refractivity contribution < 1.29 is 9.53 Å². The maximum atomic E-state index is 12.9. The molecule has 4 rings (SSSR count). The first-order valence-corrected chi connectivity index (χ1v) is 17.3. The molecule has 0 spiro atoms. The zero-order chi connectivity index (χ0) is 28.7. The van der Waals surface area contributed by atoms with Gasteiger partial charge in [0.05, 0.1) is 5.92 Å². The minimum absolute atomic E-state index is 0.0446. The number of benzene rings is 1. The van der Waals surface area contributed by atoms with E-state index in [-0.39, 0.29) is 11.9 Å². The first kappa shape index (κ1) is 31.7. The van der Waals surface area contributed by atoms with Crippen LogP contribution in [0.25, 0.3) is 11.4 Å². The van der Waals surface area contributed by atoms with Gasteiger partial charge in [-0.3, -0.25) is 4.79 Å². The number of unbranched alkanes of at least 4 members (excludes halogenated alkanes) is 8. The van der Waals surface area contributed by atoms with Gasteiger partial charge < -0.3 is 4.74 Å². The predicted octanol–water partition coefficient (Wildman–Crippen LogP) is 10.5. The molecule has 2 aliphatic carbocycles. The third-order valence-corrected chi connectivity index (χ3v) is 9.98. The summed E-state index contributed by atoms with van der Waals surface area (Å²) in [5.74, 6) is 4.00. The van der Waals surface area contributed by atoms with E-state index in [1.807, 2.05) is 36.7 Å². The third kappa shape index (κ3) is 10.5. The minimum Gasteiger partial charge on any atom is -0.426 e. The van der Waals surface area contributed by atoms with Crippen molar-refractivity contribution in [2.75, 3.05) is 0 Å². The zero-order valence-corrected chi connectivity index (χ0v) is 26.1. The number of rotatable bonds is 16. The van der Waals surface area contributed by atoms with Gasteiger partial charge in [0, 0.05) is 18.0 Å². The second-order valence-electron chi connectivity index (χ2n) is 13.1. The summed E-state index contributed by atoms with van der Waals surface area (Å²) in [5, 5.41) is 0. The molecule has 4 nitrogen and oxygen atoms in total. The Kier molecular flexibility index (Phi) is 13.7. The second-order valence-corrected chi connectivity index (χ2v) is 13.1. The highest BCUT2D eigenvalue weighted by Crippen LogP contribution is 2.42. The molecule has 0 bridgehead atoms. The van der Waals surface area contributed by atoms with Crippen molar-refractivity contribution in [2.45, 2.75) is 142 Å². The summed E-state index contributed by atoms with van der Waals surface area (Å²) in [7, 11) is 0. The van der Waals surface area contributed by atoms with Crippen molar-refractivity contribution in [1.29, 1.82) is 0 Å². The molecule has 2 aromatic rings. The summed E-state index contributed by atoms with van der Waals surface area (Å²) >= 11 is 0. The van der Waals surface area contributed by atoms with Gasteiger partial charge in [-0.25, -0.2) is 9.97 Å². The Balaban J connectivity index is 1.12. The van der Waals surface area contributed by atoms with Gasteiger partial charge in [-0.05, 0) is 98.9 Å². The lowest BCUT2D eigenvalue weighted by Gasteiger charge is -2.37. The fourth-order valence-corrected chi connectivity index (χ4v) is 7.25. The van der Waals surface area contributed by atoms with E-state index in [4.69, 9.17) is 4.74 Å². The molecule has 0 radical (unpaired) electrons. The quantitative estimate of drug-likeness (QED) is 0.116. The van der Waals surface area contributed by atoms with Crippen LogP contribution in [0.1, 0.15) is 141 Å². The predicted molar refractivity (Wildman–Crippen MR) is 170 cm³/mol. The SMILES string of the molecule is CCCCCCCCCC1CCC(C2CCC(C(=O)Oc3ccc(-c4ncc(CCCCC)cn4)cc3)CC2)CC1. The van der Waals surface area contributed by atoms with Gasteiger partial charge in [-0.1, -0.05) is 90.9 Å². The molecule has 0 atom stereocenters. The van der Waals surface area contributed by atoms with Gasteiger partial charge in [0.15, 0.2) is 5.82 Å². The third-order valence-electron chi connectivity index (χ3n) is 9.98. The molecular formula is C37H56N2O2. The Morgan fingerprint density at radius 3 is 1.90 bits per heavy atom. The smallest absolute Gasteiger partial charge is 0.314 e. The van der Waals surface area contributed by atoms with Gasteiger partial charge in [-0.2, -0.15) is 0 Å². The summed E-state index contributed by atoms with van der Waals surface area (Å²) in [4.78, 5) is 22.0. The van der Waals surface area contributed by atoms with Crippen LogP contribution in [0.15, 0.2) is 36.7 Å².